The van der Waals surface area contributed by atoms with Gasteiger partial charge in [-0.05, 0) is 24.3 Å². The van der Waals surface area contributed by atoms with Gasteiger partial charge in [0.2, 0.25) is 5.88 Å². The molecule has 0 spiro atoms. The number of methoxy groups -OCH3 is 1. The molecular formula is C13H13FN2OS. The Hall–Kier alpha value is -1.75. The number of thioether (sulfide) groups is 1. The first kappa shape index (κ1) is 12.7. The summed E-state index contributed by atoms with van der Waals surface area (Å²) in [5.41, 5.74) is 6.89. The lowest BCUT2D eigenvalue weighted by Crippen LogP contribution is -1.92. The van der Waals surface area contributed by atoms with Gasteiger partial charge in [0, 0.05) is 22.4 Å². The predicted octanol–water partition coefficient (Wildman–Crippen LogP) is 3.10. The minimum atomic E-state index is -0.323. The molecule has 0 aliphatic rings. The molecule has 0 saturated carbocycles. The fourth-order valence-electron chi connectivity index (χ4n) is 1.48. The van der Waals surface area contributed by atoms with E-state index in [0.717, 1.165) is 10.6 Å². The Morgan fingerprint density at radius 2 is 2.17 bits per heavy atom. The summed E-state index contributed by atoms with van der Waals surface area (Å²) in [7, 11) is 1.58. The van der Waals surface area contributed by atoms with Crippen LogP contribution in [0.2, 0.25) is 0 Å². The SMILES string of the molecule is COc1cccc(CSc2cc(N)cc(F)c2)n1. The van der Waals surface area contributed by atoms with Crippen LogP contribution in [-0.2, 0) is 5.75 Å². The summed E-state index contributed by atoms with van der Waals surface area (Å²) in [4.78, 5) is 5.07. The number of nitrogen functional groups attached to an aromatic ring is 1. The molecular weight excluding hydrogens is 251 g/mol. The molecule has 3 nitrogen and oxygen atoms in total. The molecule has 18 heavy (non-hydrogen) atoms. The molecule has 1 heterocycles. The number of halogens is 1. The third kappa shape index (κ3) is 3.37. The minimum absolute atomic E-state index is 0.323. The smallest absolute Gasteiger partial charge is 0.213 e. The average Bonchev–Trinajstić information content (AvgIpc) is 2.35. The Morgan fingerprint density at radius 3 is 2.89 bits per heavy atom. The van der Waals surface area contributed by atoms with Crippen LogP contribution in [0.3, 0.4) is 0 Å². The van der Waals surface area contributed by atoms with Gasteiger partial charge in [0.15, 0.2) is 0 Å². The standard InChI is InChI=1S/C13H13FN2OS/c1-17-13-4-2-3-11(16-13)8-18-12-6-9(14)5-10(15)7-12/h2-7H,8,15H2,1H3. The van der Waals surface area contributed by atoms with Gasteiger partial charge in [-0.3, -0.25) is 0 Å². The number of aromatic nitrogens is 1. The summed E-state index contributed by atoms with van der Waals surface area (Å²) < 4.78 is 18.2. The molecule has 0 radical (unpaired) electrons. The lowest BCUT2D eigenvalue weighted by Gasteiger charge is -2.04. The van der Waals surface area contributed by atoms with Crippen molar-refractivity contribution in [3.8, 4) is 5.88 Å². The van der Waals surface area contributed by atoms with Gasteiger partial charge in [-0.2, -0.15) is 0 Å². The number of benzene rings is 1. The third-order valence-corrected chi connectivity index (χ3v) is 3.28. The predicted molar refractivity (Wildman–Crippen MR) is 71.2 cm³/mol. The van der Waals surface area contributed by atoms with E-state index in [1.54, 1.807) is 19.2 Å². The summed E-state index contributed by atoms with van der Waals surface area (Å²) in [5, 5.41) is 0. The highest BCUT2D eigenvalue weighted by atomic mass is 32.2. The molecule has 0 aliphatic heterocycles. The summed E-state index contributed by atoms with van der Waals surface area (Å²) >= 11 is 1.48. The van der Waals surface area contributed by atoms with E-state index in [4.69, 9.17) is 10.5 Å². The van der Waals surface area contributed by atoms with Crippen molar-refractivity contribution in [3.63, 3.8) is 0 Å². The van der Waals surface area contributed by atoms with Gasteiger partial charge >= 0.3 is 0 Å². The van der Waals surface area contributed by atoms with E-state index < -0.39 is 0 Å². The van der Waals surface area contributed by atoms with Crippen LogP contribution in [0.5, 0.6) is 5.88 Å². The van der Waals surface area contributed by atoms with E-state index in [0.29, 0.717) is 17.3 Å². The van der Waals surface area contributed by atoms with E-state index in [-0.39, 0.29) is 5.82 Å². The fraction of sp³-hybridized carbons (Fsp3) is 0.154. The zero-order valence-electron chi connectivity index (χ0n) is 9.89. The second-order valence-corrected chi connectivity index (χ2v) is 4.73. The lowest BCUT2D eigenvalue weighted by molar-refractivity contribution is 0.397. The van der Waals surface area contributed by atoms with Gasteiger partial charge in [-0.15, -0.1) is 11.8 Å². The van der Waals surface area contributed by atoms with Crippen molar-refractivity contribution >= 4 is 17.4 Å². The monoisotopic (exact) mass is 264 g/mol. The highest BCUT2D eigenvalue weighted by Crippen LogP contribution is 2.25. The Bertz CT molecular complexity index is 528. The average molecular weight is 264 g/mol. The van der Waals surface area contributed by atoms with Gasteiger partial charge < -0.3 is 10.5 Å². The summed E-state index contributed by atoms with van der Waals surface area (Å²) in [5.74, 6) is 0.892. The first-order valence-electron chi connectivity index (χ1n) is 5.36. The number of anilines is 1. The molecule has 0 fully saturated rings. The first-order valence-corrected chi connectivity index (χ1v) is 6.35. The molecule has 0 atom stereocenters. The quantitative estimate of drug-likeness (QED) is 0.681. The van der Waals surface area contributed by atoms with Crippen molar-refractivity contribution in [3.05, 3.63) is 47.9 Å². The van der Waals surface area contributed by atoms with Gasteiger partial charge in [-0.1, -0.05) is 6.07 Å². The number of nitrogens with two attached hydrogens (primary N) is 1. The van der Waals surface area contributed by atoms with E-state index in [1.807, 2.05) is 12.1 Å². The molecule has 94 valence electrons. The van der Waals surface area contributed by atoms with E-state index in [2.05, 4.69) is 4.98 Å². The zero-order chi connectivity index (χ0) is 13.0. The number of ether oxygens (including phenoxy) is 1. The zero-order valence-corrected chi connectivity index (χ0v) is 10.7. The third-order valence-electron chi connectivity index (χ3n) is 2.27. The molecule has 1 aromatic carbocycles. The van der Waals surface area contributed by atoms with Gasteiger partial charge in [0.25, 0.3) is 0 Å². The highest BCUT2D eigenvalue weighted by Gasteiger charge is 2.02. The lowest BCUT2D eigenvalue weighted by atomic mass is 10.3. The van der Waals surface area contributed by atoms with E-state index >= 15 is 0 Å². The van der Waals surface area contributed by atoms with Crippen LogP contribution in [0.15, 0.2) is 41.3 Å². The molecule has 0 saturated heterocycles. The Balaban J connectivity index is 2.06. The molecule has 0 bridgehead atoms. The number of rotatable bonds is 4. The van der Waals surface area contributed by atoms with Crippen molar-refractivity contribution in [2.45, 2.75) is 10.6 Å². The highest BCUT2D eigenvalue weighted by molar-refractivity contribution is 7.98. The summed E-state index contributed by atoms with van der Waals surface area (Å²) in [6, 6.07) is 10.1. The van der Waals surface area contributed by atoms with Crippen LogP contribution in [0, 0.1) is 5.82 Å². The molecule has 2 rings (SSSR count). The van der Waals surface area contributed by atoms with E-state index in [9.17, 15) is 4.39 Å². The van der Waals surface area contributed by atoms with Crippen molar-refractivity contribution in [2.24, 2.45) is 0 Å². The number of hydrogen-bond donors (Lipinski definition) is 1. The van der Waals surface area contributed by atoms with Gasteiger partial charge in [-0.25, -0.2) is 9.37 Å². The molecule has 0 amide bonds. The summed E-state index contributed by atoms with van der Waals surface area (Å²) in [6.07, 6.45) is 0. The van der Waals surface area contributed by atoms with Crippen molar-refractivity contribution < 1.29 is 9.13 Å². The molecule has 2 aromatic rings. The van der Waals surface area contributed by atoms with Crippen LogP contribution >= 0.6 is 11.8 Å². The van der Waals surface area contributed by atoms with Crippen LogP contribution in [0.25, 0.3) is 0 Å². The van der Waals surface area contributed by atoms with Gasteiger partial charge in [0.1, 0.15) is 5.82 Å². The Labute approximate surface area is 109 Å². The van der Waals surface area contributed by atoms with Crippen molar-refractivity contribution in [1.29, 1.82) is 0 Å². The fourth-order valence-corrected chi connectivity index (χ4v) is 2.37. The van der Waals surface area contributed by atoms with Crippen molar-refractivity contribution in [2.75, 3.05) is 12.8 Å². The van der Waals surface area contributed by atoms with Crippen molar-refractivity contribution in [1.82, 2.24) is 4.98 Å². The Kier molecular flexibility index (Phi) is 4.04. The van der Waals surface area contributed by atoms with Crippen LogP contribution < -0.4 is 10.5 Å². The summed E-state index contributed by atoms with van der Waals surface area (Å²) in [6.45, 7) is 0. The maximum Gasteiger partial charge on any atom is 0.213 e. The number of nitrogens with zero attached hydrogens (tertiary/aromatic N) is 1. The molecule has 0 aliphatic carbocycles. The molecule has 2 N–H and O–H groups in total. The molecule has 5 heteroatoms. The second-order valence-electron chi connectivity index (χ2n) is 3.68. The maximum atomic E-state index is 13.1. The van der Waals surface area contributed by atoms with Crippen LogP contribution in [0.4, 0.5) is 10.1 Å². The minimum Gasteiger partial charge on any atom is -0.481 e. The largest absolute Gasteiger partial charge is 0.481 e. The second kappa shape index (κ2) is 5.73. The maximum absolute atomic E-state index is 13.1. The number of hydrogen-bond acceptors (Lipinski definition) is 4. The normalized spacial score (nSPS) is 10.3. The Morgan fingerprint density at radius 1 is 1.33 bits per heavy atom. The van der Waals surface area contributed by atoms with Crippen LogP contribution in [-0.4, -0.2) is 12.1 Å². The van der Waals surface area contributed by atoms with E-state index in [1.165, 1.54) is 23.9 Å². The molecule has 1 aromatic heterocycles. The van der Waals surface area contributed by atoms with Crippen LogP contribution in [0.1, 0.15) is 5.69 Å². The molecule has 0 unspecified atom stereocenters. The van der Waals surface area contributed by atoms with Gasteiger partial charge in [0.05, 0.1) is 12.8 Å². The number of pyridine rings is 1. The topological polar surface area (TPSA) is 48.1 Å². The first-order chi connectivity index (χ1) is 8.67.